The predicted molar refractivity (Wildman–Crippen MR) is 85.4 cm³/mol. The first-order chi connectivity index (χ1) is 9.82. The van der Waals surface area contributed by atoms with Crippen LogP contribution in [0.15, 0.2) is 34.7 Å². The molecule has 2 aromatic rings. The van der Waals surface area contributed by atoms with E-state index in [1.54, 1.807) is 0 Å². The Balaban J connectivity index is 1.98. The summed E-state index contributed by atoms with van der Waals surface area (Å²) in [7, 11) is 2.00. The Hall–Kier alpha value is -1.32. The summed E-state index contributed by atoms with van der Waals surface area (Å²) in [6.45, 7) is 8.69. The lowest BCUT2D eigenvalue weighted by Gasteiger charge is -2.31. The molecule has 3 heteroatoms. The van der Waals surface area contributed by atoms with Crippen molar-refractivity contribution in [3.8, 4) is 0 Å². The zero-order valence-corrected chi connectivity index (χ0v) is 13.6. The van der Waals surface area contributed by atoms with Crippen molar-refractivity contribution in [3.05, 3.63) is 36.1 Å². The van der Waals surface area contributed by atoms with Crippen LogP contribution >= 0.6 is 0 Å². The van der Waals surface area contributed by atoms with Crippen LogP contribution in [0, 0.1) is 5.92 Å². The first-order valence-electron chi connectivity index (χ1n) is 7.68. The van der Waals surface area contributed by atoms with E-state index in [1.807, 2.05) is 25.2 Å². The number of fused-ring (bicyclic) bond motifs is 1. The monoisotopic (exact) mass is 287 g/mol. The lowest BCUT2D eigenvalue weighted by atomic mass is 9.80. The molecule has 21 heavy (non-hydrogen) atoms. The largest absolute Gasteiger partial charge is 0.459 e. The Morgan fingerprint density at radius 2 is 1.90 bits per heavy atom. The van der Waals surface area contributed by atoms with Crippen molar-refractivity contribution in [2.24, 2.45) is 5.92 Å². The van der Waals surface area contributed by atoms with Gasteiger partial charge in [0.2, 0.25) is 0 Å². The van der Waals surface area contributed by atoms with Gasteiger partial charge in [-0.25, -0.2) is 0 Å². The number of ether oxygens (including phenoxy) is 1. The van der Waals surface area contributed by atoms with Crippen LogP contribution in [0.3, 0.4) is 0 Å². The van der Waals surface area contributed by atoms with Crippen molar-refractivity contribution in [1.82, 2.24) is 5.32 Å². The summed E-state index contributed by atoms with van der Waals surface area (Å²) >= 11 is 0. The van der Waals surface area contributed by atoms with Crippen molar-refractivity contribution in [3.63, 3.8) is 0 Å². The van der Waals surface area contributed by atoms with Crippen molar-refractivity contribution in [2.75, 3.05) is 7.05 Å². The molecule has 1 fully saturated rings. The molecule has 1 saturated heterocycles. The van der Waals surface area contributed by atoms with Crippen molar-refractivity contribution < 1.29 is 9.15 Å². The van der Waals surface area contributed by atoms with Crippen molar-refractivity contribution in [1.29, 1.82) is 0 Å². The van der Waals surface area contributed by atoms with E-state index in [0.717, 1.165) is 23.2 Å². The summed E-state index contributed by atoms with van der Waals surface area (Å²) in [4.78, 5) is 0. The Kier molecular flexibility index (Phi) is 3.38. The van der Waals surface area contributed by atoms with Crippen LogP contribution < -0.4 is 5.32 Å². The van der Waals surface area contributed by atoms with Gasteiger partial charge >= 0.3 is 0 Å². The summed E-state index contributed by atoms with van der Waals surface area (Å²) in [6, 6.07) is 10.5. The van der Waals surface area contributed by atoms with Gasteiger partial charge in [-0.05, 0) is 53.3 Å². The molecular formula is C18H25NO2. The number of benzene rings is 1. The summed E-state index contributed by atoms with van der Waals surface area (Å²) in [6.07, 6.45) is 1.02. The molecule has 0 aliphatic carbocycles. The molecule has 114 valence electrons. The Morgan fingerprint density at radius 3 is 2.48 bits per heavy atom. The van der Waals surface area contributed by atoms with E-state index in [-0.39, 0.29) is 17.2 Å². The average Bonchev–Trinajstić information content (AvgIpc) is 2.88. The number of hydrogen-bond acceptors (Lipinski definition) is 3. The van der Waals surface area contributed by atoms with Crippen molar-refractivity contribution >= 4 is 11.0 Å². The molecule has 1 aliphatic rings. The van der Waals surface area contributed by atoms with Gasteiger partial charge in [-0.2, -0.15) is 0 Å². The maximum atomic E-state index is 6.25. The molecule has 0 radical (unpaired) electrons. The molecule has 3 rings (SSSR count). The second-order valence-electron chi connectivity index (χ2n) is 7.23. The molecule has 0 bridgehead atoms. The highest BCUT2D eigenvalue weighted by Crippen LogP contribution is 2.48. The second kappa shape index (κ2) is 4.85. The molecule has 0 amide bonds. The third-order valence-corrected chi connectivity index (χ3v) is 4.61. The highest BCUT2D eigenvalue weighted by Gasteiger charge is 2.49. The van der Waals surface area contributed by atoms with Gasteiger partial charge in [0.1, 0.15) is 11.3 Å². The summed E-state index contributed by atoms with van der Waals surface area (Å²) < 4.78 is 12.3. The van der Waals surface area contributed by atoms with E-state index in [2.05, 4.69) is 45.1 Å². The maximum Gasteiger partial charge on any atom is 0.134 e. The smallest absolute Gasteiger partial charge is 0.134 e. The highest BCUT2D eigenvalue weighted by molar-refractivity contribution is 5.77. The van der Waals surface area contributed by atoms with Gasteiger partial charge in [-0.1, -0.05) is 18.2 Å². The highest BCUT2D eigenvalue weighted by atomic mass is 16.5. The zero-order valence-electron chi connectivity index (χ0n) is 13.6. The zero-order chi connectivity index (χ0) is 15.3. The summed E-state index contributed by atoms with van der Waals surface area (Å²) in [5.74, 6) is 1.37. The molecule has 1 N–H and O–H groups in total. The molecule has 1 aliphatic heterocycles. The molecule has 0 spiro atoms. The van der Waals surface area contributed by atoms with Crippen LogP contribution in [0.5, 0.6) is 0 Å². The van der Waals surface area contributed by atoms with Crippen molar-refractivity contribution in [2.45, 2.75) is 51.4 Å². The van der Waals surface area contributed by atoms with E-state index in [0.29, 0.717) is 5.92 Å². The number of hydrogen-bond donors (Lipinski definition) is 1. The van der Waals surface area contributed by atoms with E-state index >= 15 is 0 Å². The van der Waals surface area contributed by atoms with E-state index in [4.69, 9.17) is 9.15 Å². The van der Waals surface area contributed by atoms with Crippen LogP contribution in [-0.2, 0) is 4.74 Å². The lowest BCUT2D eigenvalue weighted by molar-refractivity contribution is -0.0782. The normalized spacial score (nSPS) is 25.3. The predicted octanol–water partition coefficient (Wildman–Crippen LogP) is 4.29. The van der Waals surface area contributed by atoms with Gasteiger partial charge in [0.25, 0.3) is 0 Å². The Bertz CT molecular complexity index is 608. The van der Waals surface area contributed by atoms with Gasteiger partial charge in [0, 0.05) is 11.3 Å². The Morgan fingerprint density at radius 1 is 1.19 bits per heavy atom. The van der Waals surface area contributed by atoms with Gasteiger partial charge < -0.3 is 14.5 Å². The topological polar surface area (TPSA) is 34.4 Å². The van der Waals surface area contributed by atoms with E-state index in [9.17, 15) is 0 Å². The molecule has 1 aromatic carbocycles. The van der Waals surface area contributed by atoms with Gasteiger partial charge in [0.05, 0.1) is 17.2 Å². The van der Waals surface area contributed by atoms with Gasteiger partial charge in [-0.3, -0.25) is 0 Å². The van der Waals surface area contributed by atoms with Crippen LogP contribution in [-0.4, -0.2) is 18.2 Å². The number of rotatable bonds is 3. The van der Waals surface area contributed by atoms with Crippen LogP contribution in [0.25, 0.3) is 11.0 Å². The maximum absolute atomic E-state index is 6.25. The average molecular weight is 287 g/mol. The molecule has 2 atom stereocenters. The third kappa shape index (κ3) is 2.60. The van der Waals surface area contributed by atoms with Crippen LogP contribution in [0.2, 0.25) is 0 Å². The minimum atomic E-state index is -0.170. The summed E-state index contributed by atoms with van der Waals surface area (Å²) in [5.41, 5.74) is 0.689. The third-order valence-electron chi connectivity index (χ3n) is 4.61. The minimum absolute atomic E-state index is 0.0880. The molecule has 0 saturated carbocycles. The number of para-hydroxylation sites is 1. The minimum Gasteiger partial charge on any atom is -0.459 e. The molecular weight excluding hydrogens is 262 g/mol. The van der Waals surface area contributed by atoms with Gasteiger partial charge in [0.15, 0.2) is 0 Å². The first-order valence-corrected chi connectivity index (χ1v) is 7.68. The Labute approximate surface area is 126 Å². The molecule has 2 heterocycles. The fourth-order valence-corrected chi connectivity index (χ4v) is 3.82. The van der Waals surface area contributed by atoms with Gasteiger partial charge in [-0.15, -0.1) is 0 Å². The van der Waals surface area contributed by atoms with E-state index in [1.165, 1.54) is 0 Å². The van der Waals surface area contributed by atoms with E-state index < -0.39 is 0 Å². The number of furan rings is 1. The summed E-state index contributed by atoms with van der Waals surface area (Å²) in [5, 5.41) is 4.60. The first kappa shape index (κ1) is 14.6. The lowest BCUT2D eigenvalue weighted by Crippen LogP contribution is -2.37. The SMILES string of the molecule is CNC(c1cc2ccccc2o1)C1CC(C)(C)OC1(C)C. The fourth-order valence-electron chi connectivity index (χ4n) is 3.82. The quantitative estimate of drug-likeness (QED) is 0.914. The number of nitrogens with one attached hydrogen (secondary N) is 1. The molecule has 1 aromatic heterocycles. The van der Waals surface area contributed by atoms with Crippen LogP contribution in [0.4, 0.5) is 0 Å². The van der Waals surface area contributed by atoms with Crippen LogP contribution in [0.1, 0.15) is 45.9 Å². The standard InChI is InChI=1S/C18H25NO2/c1-17(2)11-13(18(3,4)21-17)16(19-5)15-10-12-8-6-7-9-14(12)20-15/h6-10,13,16,19H,11H2,1-5H3. The molecule has 2 unspecified atom stereocenters. The molecule has 3 nitrogen and oxygen atoms in total. The fraction of sp³-hybridized carbons (Fsp3) is 0.556. The second-order valence-corrected chi connectivity index (χ2v) is 7.23.